The second-order valence-corrected chi connectivity index (χ2v) is 5.63. The molecular weight excluding hydrogens is 214 g/mol. The maximum atomic E-state index is 11.9. The van der Waals surface area contributed by atoms with Crippen molar-refractivity contribution in [2.24, 2.45) is 5.73 Å². The molecule has 0 aliphatic carbocycles. The quantitative estimate of drug-likeness (QED) is 0.706. The molecule has 1 saturated heterocycles. The fourth-order valence-electron chi connectivity index (χ4n) is 1.69. The van der Waals surface area contributed by atoms with Crippen LogP contribution in [0.2, 0.25) is 0 Å². The first-order valence-electron chi connectivity index (χ1n) is 5.57. The predicted molar refractivity (Wildman–Crippen MR) is 60.6 cm³/mol. The van der Waals surface area contributed by atoms with E-state index in [9.17, 15) is 8.42 Å². The Morgan fingerprint density at radius 3 is 2.40 bits per heavy atom. The number of piperidine rings is 1. The molecule has 15 heavy (non-hydrogen) atoms. The monoisotopic (exact) mass is 235 g/mol. The molecule has 0 spiro atoms. The molecule has 1 aliphatic heterocycles. The van der Waals surface area contributed by atoms with E-state index in [2.05, 4.69) is 4.72 Å². The van der Waals surface area contributed by atoms with E-state index in [0.717, 1.165) is 25.7 Å². The van der Waals surface area contributed by atoms with E-state index in [1.807, 2.05) is 6.92 Å². The van der Waals surface area contributed by atoms with Crippen molar-refractivity contribution in [1.82, 2.24) is 9.03 Å². The number of nitrogens with zero attached hydrogens (tertiary/aromatic N) is 1. The van der Waals surface area contributed by atoms with E-state index in [1.165, 1.54) is 4.31 Å². The van der Waals surface area contributed by atoms with Crippen LogP contribution in [-0.2, 0) is 10.2 Å². The molecule has 1 fully saturated rings. The molecule has 5 nitrogen and oxygen atoms in total. The van der Waals surface area contributed by atoms with Crippen molar-refractivity contribution in [3.63, 3.8) is 0 Å². The molecule has 0 saturated carbocycles. The molecule has 3 N–H and O–H groups in total. The maximum absolute atomic E-state index is 11.9. The second kappa shape index (κ2) is 5.79. The van der Waals surface area contributed by atoms with Gasteiger partial charge < -0.3 is 5.73 Å². The Morgan fingerprint density at radius 1 is 1.33 bits per heavy atom. The van der Waals surface area contributed by atoms with Crippen LogP contribution < -0.4 is 10.5 Å². The van der Waals surface area contributed by atoms with Gasteiger partial charge in [-0.1, -0.05) is 13.3 Å². The lowest BCUT2D eigenvalue weighted by atomic mass is 10.2. The molecule has 0 aromatic rings. The maximum Gasteiger partial charge on any atom is 0.279 e. The first-order valence-corrected chi connectivity index (χ1v) is 7.01. The van der Waals surface area contributed by atoms with Gasteiger partial charge in [-0.05, 0) is 19.3 Å². The first kappa shape index (κ1) is 12.9. The van der Waals surface area contributed by atoms with E-state index >= 15 is 0 Å². The first-order chi connectivity index (χ1) is 7.10. The molecule has 0 amide bonds. The molecule has 0 bridgehead atoms. The number of rotatable bonds is 5. The predicted octanol–water partition coefficient (Wildman–Crippen LogP) is 0.0440. The molecule has 0 aromatic heterocycles. The minimum atomic E-state index is -3.30. The molecule has 1 rings (SSSR count). The van der Waals surface area contributed by atoms with Gasteiger partial charge >= 0.3 is 0 Å². The molecular formula is C9H21N3O2S. The van der Waals surface area contributed by atoms with Crippen molar-refractivity contribution in [1.29, 1.82) is 0 Å². The van der Waals surface area contributed by atoms with Gasteiger partial charge in [-0.25, -0.2) is 0 Å². The highest BCUT2D eigenvalue weighted by atomic mass is 32.2. The highest BCUT2D eigenvalue weighted by Crippen LogP contribution is 2.12. The lowest BCUT2D eigenvalue weighted by Crippen LogP contribution is -2.49. The molecule has 0 aromatic carbocycles. The van der Waals surface area contributed by atoms with E-state index in [4.69, 9.17) is 5.73 Å². The largest absolute Gasteiger partial charge is 0.329 e. The van der Waals surface area contributed by atoms with Gasteiger partial charge in [0.2, 0.25) is 0 Å². The number of hydrogen-bond donors (Lipinski definition) is 2. The van der Waals surface area contributed by atoms with Crippen LogP contribution in [0.15, 0.2) is 0 Å². The van der Waals surface area contributed by atoms with Gasteiger partial charge in [0.15, 0.2) is 0 Å². The molecule has 0 radical (unpaired) electrons. The van der Waals surface area contributed by atoms with Crippen LogP contribution in [0, 0.1) is 0 Å². The highest BCUT2D eigenvalue weighted by molar-refractivity contribution is 7.87. The summed E-state index contributed by atoms with van der Waals surface area (Å²) in [5.74, 6) is 0. The van der Waals surface area contributed by atoms with Crippen LogP contribution in [0.4, 0.5) is 0 Å². The van der Waals surface area contributed by atoms with Crippen molar-refractivity contribution in [3.8, 4) is 0 Å². The van der Waals surface area contributed by atoms with Crippen LogP contribution >= 0.6 is 0 Å². The average molecular weight is 235 g/mol. The van der Waals surface area contributed by atoms with E-state index in [0.29, 0.717) is 19.6 Å². The standard InChI is InChI=1S/C9H21N3O2S/c1-2-9(8-10)11-15(13,14)12-6-4-3-5-7-12/h9,11H,2-8,10H2,1H3. The molecule has 90 valence electrons. The summed E-state index contributed by atoms with van der Waals surface area (Å²) in [5, 5.41) is 0. The summed E-state index contributed by atoms with van der Waals surface area (Å²) in [5.41, 5.74) is 5.47. The molecule has 1 atom stereocenters. The Kier molecular flexibility index (Phi) is 4.98. The zero-order chi connectivity index (χ0) is 11.3. The van der Waals surface area contributed by atoms with Gasteiger partial charge in [0.25, 0.3) is 10.2 Å². The summed E-state index contributed by atoms with van der Waals surface area (Å²) in [6.07, 6.45) is 3.77. The molecule has 1 aliphatic rings. The van der Waals surface area contributed by atoms with Gasteiger partial charge in [0.05, 0.1) is 0 Å². The van der Waals surface area contributed by atoms with E-state index < -0.39 is 10.2 Å². The van der Waals surface area contributed by atoms with Crippen LogP contribution in [0.1, 0.15) is 32.6 Å². The Balaban J connectivity index is 2.56. The van der Waals surface area contributed by atoms with E-state index in [1.54, 1.807) is 0 Å². The smallest absolute Gasteiger partial charge is 0.279 e. The van der Waals surface area contributed by atoms with Crippen molar-refractivity contribution in [2.75, 3.05) is 19.6 Å². The average Bonchev–Trinajstić information content (AvgIpc) is 2.27. The van der Waals surface area contributed by atoms with Crippen LogP contribution in [-0.4, -0.2) is 38.4 Å². The molecule has 6 heteroatoms. The molecule has 1 heterocycles. The Labute approximate surface area is 92.2 Å². The second-order valence-electron chi connectivity index (χ2n) is 3.92. The zero-order valence-corrected chi connectivity index (χ0v) is 10.1. The van der Waals surface area contributed by atoms with Crippen molar-refractivity contribution >= 4 is 10.2 Å². The fraction of sp³-hybridized carbons (Fsp3) is 1.00. The van der Waals surface area contributed by atoms with Gasteiger partial charge in [-0.2, -0.15) is 17.4 Å². The minimum Gasteiger partial charge on any atom is -0.329 e. The van der Waals surface area contributed by atoms with Crippen LogP contribution in [0.5, 0.6) is 0 Å². The fourth-order valence-corrected chi connectivity index (χ4v) is 3.26. The lowest BCUT2D eigenvalue weighted by molar-refractivity contribution is 0.338. The number of hydrogen-bond acceptors (Lipinski definition) is 3. The van der Waals surface area contributed by atoms with Crippen LogP contribution in [0.25, 0.3) is 0 Å². The number of nitrogens with one attached hydrogen (secondary N) is 1. The van der Waals surface area contributed by atoms with Gasteiger partial charge in [0, 0.05) is 25.7 Å². The Hall–Kier alpha value is -0.170. The van der Waals surface area contributed by atoms with Crippen molar-refractivity contribution in [2.45, 2.75) is 38.6 Å². The minimum absolute atomic E-state index is 0.142. The van der Waals surface area contributed by atoms with Crippen LogP contribution in [0.3, 0.4) is 0 Å². The van der Waals surface area contributed by atoms with E-state index in [-0.39, 0.29) is 6.04 Å². The third kappa shape index (κ3) is 3.71. The third-order valence-electron chi connectivity index (χ3n) is 2.75. The Morgan fingerprint density at radius 2 is 1.93 bits per heavy atom. The summed E-state index contributed by atoms with van der Waals surface area (Å²) in [4.78, 5) is 0. The SMILES string of the molecule is CCC(CN)NS(=O)(=O)N1CCCCC1. The number of nitrogens with two attached hydrogens (primary N) is 1. The van der Waals surface area contributed by atoms with Crippen molar-refractivity contribution in [3.05, 3.63) is 0 Å². The summed E-state index contributed by atoms with van der Waals surface area (Å²) >= 11 is 0. The zero-order valence-electron chi connectivity index (χ0n) is 9.28. The van der Waals surface area contributed by atoms with Crippen molar-refractivity contribution < 1.29 is 8.42 Å². The van der Waals surface area contributed by atoms with Gasteiger partial charge in [-0.3, -0.25) is 0 Å². The summed E-state index contributed by atoms with van der Waals surface area (Å²) in [7, 11) is -3.30. The highest BCUT2D eigenvalue weighted by Gasteiger charge is 2.25. The molecule has 1 unspecified atom stereocenters. The van der Waals surface area contributed by atoms with Gasteiger partial charge in [-0.15, -0.1) is 0 Å². The Bertz CT molecular complexity index is 269. The summed E-state index contributed by atoms with van der Waals surface area (Å²) < 4.78 is 27.9. The third-order valence-corrected chi connectivity index (χ3v) is 4.42. The normalized spacial score (nSPS) is 21.5. The lowest BCUT2D eigenvalue weighted by Gasteiger charge is -2.27. The van der Waals surface area contributed by atoms with Gasteiger partial charge in [0.1, 0.15) is 0 Å². The summed E-state index contributed by atoms with van der Waals surface area (Å²) in [6.45, 7) is 3.55. The summed E-state index contributed by atoms with van der Waals surface area (Å²) in [6, 6.07) is -0.142. The topological polar surface area (TPSA) is 75.4 Å².